The third-order valence-electron chi connectivity index (χ3n) is 4.47. The van der Waals surface area contributed by atoms with E-state index >= 15 is 0 Å². The van der Waals surface area contributed by atoms with Crippen molar-refractivity contribution in [2.75, 3.05) is 18.0 Å². The highest BCUT2D eigenvalue weighted by Gasteiger charge is 2.22. The first-order valence-corrected chi connectivity index (χ1v) is 7.68. The third kappa shape index (κ3) is 2.54. The summed E-state index contributed by atoms with van der Waals surface area (Å²) in [6, 6.07) is 7.42. The van der Waals surface area contributed by atoms with Crippen molar-refractivity contribution in [3.05, 3.63) is 46.4 Å². The van der Waals surface area contributed by atoms with Crippen molar-refractivity contribution in [1.82, 2.24) is 20.2 Å². The van der Waals surface area contributed by atoms with Crippen LogP contribution < -0.4 is 10.5 Å². The highest BCUT2D eigenvalue weighted by molar-refractivity contribution is 5.73. The minimum Gasteiger partial charge on any atom is -0.508 e. The van der Waals surface area contributed by atoms with Crippen LogP contribution >= 0.6 is 0 Å². The standard InChI is InChI=1S/C16H17N5O2/c22-12-3-1-10(2-4-12)11-5-7-21(8-6-11)16-18-14-13(9-17-20-14)15(23)19-16/h1-4,9,11,22H,5-8H2,(H2,17,18,19,20,23). The molecule has 7 nitrogen and oxygen atoms in total. The summed E-state index contributed by atoms with van der Waals surface area (Å²) >= 11 is 0. The van der Waals surface area contributed by atoms with Crippen LogP contribution in [0, 0.1) is 0 Å². The lowest BCUT2D eigenvalue weighted by Crippen LogP contribution is -2.35. The van der Waals surface area contributed by atoms with Gasteiger partial charge in [-0.15, -0.1) is 0 Å². The molecule has 118 valence electrons. The molecule has 0 saturated carbocycles. The summed E-state index contributed by atoms with van der Waals surface area (Å²) in [5.41, 5.74) is 1.59. The fourth-order valence-corrected chi connectivity index (χ4v) is 3.15. The van der Waals surface area contributed by atoms with Crippen LogP contribution in [0.4, 0.5) is 5.95 Å². The number of anilines is 1. The number of benzene rings is 1. The molecular formula is C16H17N5O2. The van der Waals surface area contributed by atoms with Gasteiger partial charge in [0, 0.05) is 13.1 Å². The summed E-state index contributed by atoms with van der Waals surface area (Å²) < 4.78 is 0. The molecular weight excluding hydrogens is 294 g/mol. The van der Waals surface area contributed by atoms with Crippen molar-refractivity contribution in [3.8, 4) is 5.75 Å². The Balaban J connectivity index is 1.52. The molecule has 3 N–H and O–H groups in total. The van der Waals surface area contributed by atoms with Crippen LogP contribution in [-0.4, -0.2) is 38.4 Å². The van der Waals surface area contributed by atoms with E-state index in [1.54, 1.807) is 12.1 Å². The lowest BCUT2D eigenvalue weighted by atomic mass is 9.89. The Kier molecular flexibility index (Phi) is 3.25. The Morgan fingerprint density at radius 1 is 1.17 bits per heavy atom. The number of H-pyrrole nitrogens is 2. The number of nitrogens with one attached hydrogen (secondary N) is 2. The summed E-state index contributed by atoms with van der Waals surface area (Å²) in [7, 11) is 0. The first-order valence-electron chi connectivity index (χ1n) is 7.68. The number of nitrogens with zero attached hydrogens (tertiary/aromatic N) is 3. The Bertz CT molecular complexity index is 875. The van der Waals surface area contributed by atoms with Crippen LogP contribution in [0.1, 0.15) is 24.3 Å². The van der Waals surface area contributed by atoms with Crippen molar-refractivity contribution in [3.63, 3.8) is 0 Å². The molecule has 0 atom stereocenters. The molecule has 23 heavy (non-hydrogen) atoms. The number of hydrogen-bond acceptors (Lipinski definition) is 5. The normalized spacial score (nSPS) is 16.1. The molecule has 0 aliphatic carbocycles. The molecule has 2 aromatic heterocycles. The van der Waals surface area contributed by atoms with Crippen molar-refractivity contribution in [2.45, 2.75) is 18.8 Å². The highest BCUT2D eigenvalue weighted by Crippen LogP contribution is 2.30. The second-order valence-corrected chi connectivity index (χ2v) is 5.87. The van der Waals surface area contributed by atoms with E-state index < -0.39 is 0 Å². The second-order valence-electron chi connectivity index (χ2n) is 5.87. The fourth-order valence-electron chi connectivity index (χ4n) is 3.15. The molecule has 3 aromatic rings. The van der Waals surface area contributed by atoms with Gasteiger partial charge in [0.05, 0.1) is 6.20 Å². The van der Waals surface area contributed by atoms with Crippen molar-refractivity contribution < 1.29 is 5.11 Å². The maximum Gasteiger partial charge on any atom is 0.263 e. The van der Waals surface area contributed by atoms with E-state index in [0.717, 1.165) is 25.9 Å². The zero-order chi connectivity index (χ0) is 15.8. The Labute approximate surface area is 132 Å². The predicted molar refractivity (Wildman–Crippen MR) is 86.8 cm³/mol. The Morgan fingerprint density at radius 3 is 2.65 bits per heavy atom. The summed E-state index contributed by atoms with van der Waals surface area (Å²) in [5, 5.41) is 16.5. The minimum absolute atomic E-state index is 0.167. The average Bonchev–Trinajstić information content (AvgIpc) is 3.05. The van der Waals surface area contributed by atoms with Crippen LogP contribution in [0.15, 0.2) is 35.3 Å². The van der Waals surface area contributed by atoms with Gasteiger partial charge in [0.1, 0.15) is 11.1 Å². The van der Waals surface area contributed by atoms with Gasteiger partial charge in [-0.2, -0.15) is 10.1 Å². The molecule has 0 bridgehead atoms. The van der Waals surface area contributed by atoms with Gasteiger partial charge in [0.15, 0.2) is 5.65 Å². The Hall–Kier alpha value is -2.83. The van der Waals surface area contributed by atoms with E-state index in [0.29, 0.717) is 28.6 Å². The molecule has 0 radical (unpaired) electrons. The van der Waals surface area contributed by atoms with Crippen LogP contribution in [0.2, 0.25) is 0 Å². The molecule has 4 rings (SSSR count). The van der Waals surface area contributed by atoms with Gasteiger partial charge in [-0.1, -0.05) is 12.1 Å². The topological polar surface area (TPSA) is 97.9 Å². The van der Waals surface area contributed by atoms with Crippen LogP contribution in [-0.2, 0) is 0 Å². The number of fused-ring (bicyclic) bond motifs is 1. The summed E-state index contributed by atoms with van der Waals surface area (Å²) in [5.74, 6) is 1.35. The van der Waals surface area contributed by atoms with Crippen molar-refractivity contribution in [2.24, 2.45) is 0 Å². The monoisotopic (exact) mass is 311 g/mol. The summed E-state index contributed by atoms with van der Waals surface area (Å²) in [6.45, 7) is 1.66. The number of hydrogen-bond donors (Lipinski definition) is 3. The SMILES string of the molecule is O=c1[nH]c(N2CCC(c3ccc(O)cc3)CC2)nc2[nH]ncc12. The van der Waals surface area contributed by atoms with Gasteiger partial charge in [0.25, 0.3) is 5.56 Å². The number of rotatable bonds is 2. The summed E-state index contributed by atoms with van der Waals surface area (Å²) in [4.78, 5) is 21.4. The zero-order valence-corrected chi connectivity index (χ0v) is 12.5. The molecule has 1 fully saturated rings. The van der Waals surface area contributed by atoms with E-state index in [1.165, 1.54) is 11.8 Å². The largest absolute Gasteiger partial charge is 0.508 e. The van der Waals surface area contributed by atoms with Gasteiger partial charge >= 0.3 is 0 Å². The molecule has 3 heterocycles. The second kappa shape index (κ2) is 5.42. The van der Waals surface area contributed by atoms with Crippen molar-refractivity contribution in [1.29, 1.82) is 0 Å². The molecule has 1 aromatic carbocycles. The van der Waals surface area contributed by atoms with E-state index in [1.807, 2.05) is 12.1 Å². The molecule has 0 unspecified atom stereocenters. The third-order valence-corrected chi connectivity index (χ3v) is 4.47. The van der Waals surface area contributed by atoms with Crippen LogP contribution in [0.5, 0.6) is 5.75 Å². The van der Waals surface area contributed by atoms with Gasteiger partial charge in [0.2, 0.25) is 5.95 Å². The lowest BCUT2D eigenvalue weighted by Gasteiger charge is -2.32. The average molecular weight is 311 g/mol. The molecule has 0 spiro atoms. The highest BCUT2D eigenvalue weighted by atomic mass is 16.3. The number of aromatic amines is 2. The Morgan fingerprint density at radius 2 is 1.91 bits per heavy atom. The fraction of sp³-hybridized carbons (Fsp3) is 0.312. The quantitative estimate of drug-likeness (QED) is 0.669. The molecule has 7 heteroatoms. The first-order chi connectivity index (χ1) is 11.2. The molecule has 1 aliphatic rings. The molecule has 1 saturated heterocycles. The number of phenols is 1. The van der Waals surface area contributed by atoms with Crippen LogP contribution in [0.3, 0.4) is 0 Å². The van der Waals surface area contributed by atoms with E-state index in [4.69, 9.17) is 0 Å². The van der Waals surface area contributed by atoms with Gasteiger partial charge in [-0.25, -0.2) is 0 Å². The maximum absolute atomic E-state index is 12.0. The minimum atomic E-state index is -0.167. The zero-order valence-electron chi connectivity index (χ0n) is 12.5. The maximum atomic E-state index is 12.0. The number of aromatic nitrogens is 4. The van der Waals surface area contributed by atoms with E-state index in [9.17, 15) is 9.90 Å². The van der Waals surface area contributed by atoms with Crippen LogP contribution in [0.25, 0.3) is 11.0 Å². The van der Waals surface area contributed by atoms with Gasteiger partial charge < -0.3 is 10.0 Å². The number of phenolic OH excluding ortho intramolecular Hbond substituents is 1. The lowest BCUT2D eigenvalue weighted by molar-refractivity contribution is 0.472. The summed E-state index contributed by atoms with van der Waals surface area (Å²) in [6.07, 6.45) is 3.45. The van der Waals surface area contributed by atoms with E-state index in [-0.39, 0.29) is 5.56 Å². The molecule has 1 aliphatic heterocycles. The molecule has 0 amide bonds. The number of aromatic hydroxyl groups is 1. The smallest absolute Gasteiger partial charge is 0.263 e. The van der Waals surface area contributed by atoms with Gasteiger partial charge in [-0.05, 0) is 36.5 Å². The van der Waals surface area contributed by atoms with E-state index in [2.05, 4.69) is 25.1 Å². The predicted octanol–water partition coefficient (Wildman–Crippen LogP) is 1.74. The first kappa shape index (κ1) is 13.8. The number of piperidine rings is 1. The van der Waals surface area contributed by atoms with Gasteiger partial charge in [-0.3, -0.25) is 14.9 Å². The van der Waals surface area contributed by atoms with Crippen molar-refractivity contribution >= 4 is 17.0 Å².